The molecule has 0 radical (unpaired) electrons. The summed E-state index contributed by atoms with van der Waals surface area (Å²) < 4.78 is 6.19. The molecule has 1 aromatic carbocycles. The lowest BCUT2D eigenvalue weighted by atomic mass is 9.87. The molecule has 0 bridgehead atoms. The molecule has 3 nitrogen and oxygen atoms in total. The van der Waals surface area contributed by atoms with Gasteiger partial charge in [-0.15, -0.1) is 0 Å². The van der Waals surface area contributed by atoms with Crippen LogP contribution in [0.4, 0.5) is 0 Å². The quantitative estimate of drug-likeness (QED) is 0.948. The van der Waals surface area contributed by atoms with Gasteiger partial charge in [0.1, 0.15) is 5.75 Å². The van der Waals surface area contributed by atoms with E-state index >= 15 is 0 Å². The number of hydrogen-bond donors (Lipinski definition) is 1. The second-order valence-electron chi connectivity index (χ2n) is 4.33. The topological polar surface area (TPSA) is 48.1 Å². The maximum atomic E-state index is 6.44. The van der Waals surface area contributed by atoms with Crippen LogP contribution in [0, 0.1) is 0 Å². The number of ether oxygens (including phenoxy) is 1. The number of halogens is 1. The van der Waals surface area contributed by atoms with Crippen molar-refractivity contribution in [2.45, 2.75) is 12.5 Å². The van der Waals surface area contributed by atoms with Crippen molar-refractivity contribution in [3.63, 3.8) is 0 Å². The third-order valence-electron chi connectivity index (χ3n) is 2.97. The molecule has 94 valence electrons. The standard InChI is InChI=1S/C14H15BrN2O/c1-14(16,10-4-3-5-12(15)6-10)11-7-13(18-2)9-17-8-11/h3-9H,16H2,1-2H3. The van der Waals surface area contributed by atoms with Crippen LogP contribution in [0.15, 0.2) is 47.2 Å². The zero-order valence-electron chi connectivity index (χ0n) is 10.4. The van der Waals surface area contributed by atoms with Gasteiger partial charge in [-0.3, -0.25) is 4.98 Å². The van der Waals surface area contributed by atoms with Gasteiger partial charge in [-0.1, -0.05) is 28.1 Å². The molecule has 2 N–H and O–H groups in total. The maximum Gasteiger partial charge on any atom is 0.137 e. The minimum absolute atomic E-state index is 0.606. The van der Waals surface area contributed by atoms with E-state index in [-0.39, 0.29) is 0 Å². The smallest absolute Gasteiger partial charge is 0.137 e. The van der Waals surface area contributed by atoms with Crippen LogP contribution in [0.1, 0.15) is 18.1 Å². The number of benzene rings is 1. The van der Waals surface area contributed by atoms with Crippen LogP contribution in [0.2, 0.25) is 0 Å². The first-order chi connectivity index (χ1) is 8.54. The van der Waals surface area contributed by atoms with Crippen LogP contribution in [-0.2, 0) is 5.54 Å². The van der Waals surface area contributed by atoms with Gasteiger partial charge in [0.2, 0.25) is 0 Å². The van der Waals surface area contributed by atoms with Gasteiger partial charge in [0, 0.05) is 10.7 Å². The van der Waals surface area contributed by atoms with Gasteiger partial charge < -0.3 is 10.5 Å². The van der Waals surface area contributed by atoms with Crippen molar-refractivity contribution < 1.29 is 4.74 Å². The van der Waals surface area contributed by atoms with E-state index in [2.05, 4.69) is 20.9 Å². The molecule has 2 aromatic rings. The first-order valence-electron chi connectivity index (χ1n) is 5.58. The van der Waals surface area contributed by atoms with Gasteiger partial charge in [-0.25, -0.2) is 0 Å². The Kier molecular flexibility index (Phi) is 3.68. The van der Waals surface area contributed by atoms with Gasteiger partial charge in [-0.05, 0) is 36.2 Å². The highest BCUT2D eigenvalue weighted by molar-refractivity contribution is 9.10. The lowest BCUT2D eigenvalue weighted by Gasteiger charge is -2.26. The Morgan fingerprint density at radius 2 is 2.00 bits per heavy atom. The summed E-state index contributed by atoms with van der Waals surface area (Å²) in [4.78, 5) is 4.15. The number of hydrogen-bond acceptors (Lipinski definition) is 3. The van der Waals surface area contributed by atoms with E-state index in [0.29, 0.717) is 5.75 Å². The normalized spacial score (nSPS) is 14.0. The first-order valence-corrected chi connectivity index (χ1v) is 6.38. The van der Waals surface area contributed by atoms with E-state index in [1.807, 2.05) is 37.3 Å². The van der Waals surface area contributed by atoms with Crippen molar-refractivity contribution in [2.75, 3.05) is 7.11 Å². The van der Waals surface area contributed by atoms with E-state index in [1.165, 1.54) is 0 Å². The third kappa shape index (κ3) is 2.54. The number of pyridine rings is 1. The van der Waals surface area contributed by atoms with Crippen molar-refractivity contribution in [3.05, 3.63) is 58.3 Å². The molecule has 0 saturated heterocycles. The van der Waals surface area contributed by atoms with Gasteiger partial charge in [0.05, 0.1) is 18.8 Å². The molecular formula is C14H15BrN2O. The average molecular weight is 307 g/mol. The van der Waals surface area contributed by atoms with E-state index in [0.717, 1.165) is 15.6 Å². The molecule has 0 aliphatic rings. The summed E-state index contributed by atoms with van der Waals surface area (Å²) >= 11 is 3.46. The highest BCUT2D eigenvalue weighted by Gasteiger charge is 2.24. The van der Waals surface area contributed by atoms with E-state index in [9.17, 15) is 0 Å². The lowest BCUT2D eigenvalue weighted by Crippen LogP contribution is -2.34. The fraction of sp³-hybridized carbons (Fsp3) is 0.214. The Morgan fingerprint density at radius 1 is 1.22 bits per heavy atom. The van der Waals surface area contributed by atoms with Crippen molar-refractivity contribution in [1.82, 2.24) is 4.98 Å². The fourth-order valence-corrected chi connectivity index (χ4v) is 2.19. The van der Waals surface area contributed by atoms with Crippen LogP contribution in [0.25, 0.3) is 0 Å². The Morgan fingerprint density at radius 3 is 2.67 bits per heavy atom. The molecule has 0 saturated carbocycles. The van der Waals surface area contributed by atoms with Crippen molar-refractivity contribution in [1.29, 1.82) is 0 Å². The summed E-state index contributed by atoms with van der Waals surface area (Å²) in [6.07, 6.45) is 3.43. The molecule has 1 aromatic heterocycles. The number of nitrogens with zero attached hydrogens (tertiary/aromatic N) is 1. The molecule has 18 heavy (non-hydrogen) atoms. The zero-order chi connectivity index (χ0) is 13.2. The summed E-state index contributed by atoms with van der Waals surface area (Å²) in [6.45, 7) is 1.96. The fourth-order valence-electron chi connectivity index (χ4n) is 1.79. The SMILES string of the molecule is COc1cncc(C(C)(N)c2cccc(Br)c2)c1. The van der Waals surface area contributed by atoms with E-state index in [1.54, 1.807) is 19.5 Å². The average Bonchev–Trinajstić information content (AvgIpc) is 2.39. The maximum absolute atomic E-state index is 6.44. The lowest BCUT2D eigenvalue weighted by molar-refractivity contribution is 0.410. The summed E-state index contributed by atoms with van der Waals surface area (Å²) in [5, 5.41) is 0. The first kappa shape index (κ1) is 13.1. The van der Waals surface area contributed by atoms with Crippen LogP contribution in [0.5, 0.6) is 5.75 Å². The van der Waals surface area contributed by atoms with Gasteiger partial charge >= 0.3 is 0 Å². The summed E-state index contributed by atoms with van der Waals surface area (Å²) in [7, 11) is 1.62. The second kappa shape index (κ2) is 5.08. The molecule has 4 heteroatoms. The van der Waals surface area contributed by atoms with E-state index < -0.39 is 5.54 Å². The highest BCUT2D eigenvalue weighted by Crippen LogP contribution is 2.29. The summed E-state index contributed by atoms with van der Waals surface area (Å²) in [5.41, 5.74) is 7.77. The Bertz CT molecular complexity index is 555. The second-order valence-corrected chi connectivity index (χ2v) is 5.24. The number of rotatable bonds is 3. The predicted molar refractivity (Wildman–Crippen MR) is 75.6 cm³/mol. The van der Waals surface area contributed by atoms with Crippen LogP contribution in [0.3, 0.4) is 0 Å². The molecule has 1 atom stereocenters. The number of methoxy groups -OCH3 is 1. The Balaban J connectivity index is 2.46. The molecule has 0 amide bonds. The Hall–Kier alpha value is -1.39. The summed E-state index contributed by atoms with van der Waals surface area (Å²) in [5.74, 6) is 0.708. The molecule has 2 rings (SSSR count). The molecule has 0 fully saturated rings. The predicted octanol–water partition coefficient (Wildman–Crippen LogP) is 3.07. The molecule has 0 spiro atoms. The van der Waals surface area contributed by atoms with Crippen molar-refractivity contribution >= 4 is 15.9 Å². The molecule has 1 heterocycles. The van der Waals surface area contributed by atoms with Crippen molar-refractivity contribution in [3.8, 4) is 5.75 Å². The van der Waals surface area contributed by atoms with Gasteiger partial charge in [0.15, 0.2) is 0 Å². The molecule has 1 unspecified atom stereocenters. The van der Waals surface area contributed by atoms with Gasteiger partial charge in [0.25, 0.3) is 0 Å². The largest absolute Gasteiger partial charge is 0.495 e. The number of aromatic nitrogens is 1. The van der Waals surface area contributed by atoms with Crippen molar-refractivity contribution in [2.24, 2.45) is 5.73 Å². The van der Waals surface area contributed by atoms with Crippen LogP contribution >= 0.6 is 15.9 Å². The van der Waals surface area contributed by atoms with Crippen LogP contribution in [-0.4, -0.2) is 12.1 Å². The van der Waals surface area contributed by atoms with E-state index in [4.69, 9.17) is 10.5 Å². The Labute approximate surface area is 115 Å². The minimum atomic E-state index is -0.606. The molecular weight excluding hydrogens is 292 g/mol. The zero-order valence-corrected chi connectivity index (χ0v) is 11.9. The van der Waals surface area contributed by atoms with Gasteiger partial charge in [-0.2, -0.15) is 0 Å². The monoisotopic (exact) mass is 306 g/mol. The van der Waals surface area contributed by atoms with Crippen LogP contribution < -0.4 is 10.5 Å². The summed E-state index contributed by atoms with van der Waals surface area (Å²) in [6, 6.07) is 9.87. The third-order valence-corrected chi connectivity index (χ3v) is 3.47. The highest BCUT2D eigenvalue weighted by atomic mass is 79.9. The minimum Gasteiger partial charge on any atom is -0.495 e. The molecule has 0 aliphatic carbocycles. The molecule has 0 aliphatic heterocycles. The number of nitrogens with two attached hydrogens (primary N) is 1.